The predicted octanol–water partition coefficient (Wildman–Crippen LogP) is 1.39. The standard InChI is InChI=1S/C24H24BN4/c26-21-13-5-1-9-17(21)25(18-10-2-6-14-22(18)27,19-11-3-7-15-23(19)28)20-12-4-8-16-24(20)29/h1-16H,26-29H2/q-1. The molecule has 0 spiro atoms. The van der Waals surface area contributed by atoms with E-state index in [1.54, 1.807) is 0 Å². The van der Waals surface area contributed by atoms with Crippen LogP contribution in [-0.4, -0.2) is 6.15 Å². The lowest BCUT2D eigenvalue weighted by molar-refractivity contribution is 1.64. The fourth-order valence-electron chi connectivity index (χ4n) is 4.63. The Morgan fingerprint density at radius 2 is 0.552 bits per heavy atom. The number of anilines is 4. The average Bonchev–Trinajstić information content (AvgIpc) is 2.73. The molecule has 4 nitrogen and oxygen atoms in total. The van der Waals surface area contributed by atoms with Gasteiger partial charge in [-0.3, -0.25) is 0 Å². The first-order valence-electron chi connectivity index (χ1n) is 9.62. The molecule has 0 aliphatic rings. The summed E-state index contributed by atoms with van der Waals surface area (Å²) >= 11 is 0. The molecule has 0 saturated heterocycles. The SMILES string of the molecule is Nc1ccccc1[B-](c1ccccc1N)(c1ccccc1N)c1ccccc1N. The van der Waals surface area contributed by atoms with E-state index < -0.39 is 6.15 Å². The zero-order valence-corrected chi connectivity index (χ0v) is 16.1. The minimum absolute atomic E-state index is 0.669. The average molecular weight is 379 g/mol. The lowest BCUT2D eigenvalue weighted by Gasteiger charge is -2.46. The number of para-hydroxylation sites is 4. The second-order valence-electron chi connectivity index (χ2n) is 7.38. The van der Waals surface area contributed by atoms with Gasteiger partial charge in [0.1, 0.15) is 6.15 Å². The maximum absolute atomic E-state index is 6.56. The Morgan fingerprint density at radius 1 is 0.345 bits per heavy atom. The molecule has 0 aliphatic heterocycles. The monoisotopic (exact) mass is 379 g/mol. The Morgan fingerprint density at radius 3 is 0.759 bits per heavy atom. The summed E-state index contributed by atoms with van der Waals surface area (Å²) in [6, 6.07) is 31.4. The number of nitrogens with two attached hydrogens (primary N) is 4. The summed E-state index contributed by atoms with van der Waals surface area (Å²) < 4.78 is 0. The quantitative estimate of drug-likeness (QED) is 0.318. The van der Waals surface area contributed by atoms with Crippen LogP contribution in [0.15, 0.2) is 97.1 Å². The van der Waals surface area contributed by atoms with Crippen molar-refractivity contribution in [2.45, 2.75) is 0 Å². The highest BCUT2D eigenvalue weighted by Gasteiger charge is 2.36. The van der Waals surface area contributed by atoms with Crippen LogP contribution in [0.25, 0.3) is 0 Å². The summed E-state index contributed by atoms with van der Waals surface area (Å²) in [7, 11) is 0. The van der Waals surface area contributed by atoms with Crippen LogP contribution < -0.4 is 44.8 Å². The van der Waals surface area contributed by atoms with Crippen molar-refractivity contribution in [3.8, 4) is 0 Å². The predicted molar refractivity (Wildman–Crippen MR) is 128 cm³/mol. The zero-order chi connectivity index (χ0) is 20.4. The molecule has 0 saturated carbocycles. The van der Waals surface area contributed by atoms with Crippen molar-refractivity contribution in [1.82, 2.24) is 0 Å². The lowest BCUT2D eigenvalue weighted by atomic mass is 9.12. The van der Waals surface area contributed by atoms with Crippen LogP contribution in [0.3, 0.4) is 0 Å². The Balaban J connectivity index is 2.28. The Hall–Kier alpha value is -3.86. The van der Waals surface area contributed by atoms with Crippen molar-refractivity contribution in [1.29, 1.82) is 0 Å². The molecule has 4 aromatic carbocycles. The number of nitrogen functional groups attached to an aromatic ring is 4. The molecule has 29 heavy (non-hydrogen) atoms. The van der Waals surface area contributed by atoms with Gasteiger partial charge in [0, 0.05) is 0 Å². The summed E-state index contributed by atoms with van der Waals surface area (Å²) in [5, 5.41) is 0. The zero-order valence-electron chi connectivity index (χ0n) is 16.1. The van der Waals surface area contributed by atoms with E-state index in [1.807, 2.05) is 97.1 Å². The van der Waals surface area contributed by atoms with Crippen molar-refractivity contribution in [3.05, 3.63) is 97.1 Å². The van der Waals surface area contributed by atoms with E-state index >= 15 is 0 Å². The van der Waals surface area contributed by atoms with Crippen LogP contribution in [0.5, 0.6) is 0 Å². The van der Waals surface area contributed by atoms with Crippen molar-refractivity contribution < 1.29 is 0 Å². The molecule has 0 amide bonds. The molecular formula is C24H24BN4-. The molecule has 8 N–H and O–H groups in total. The fraction of sp³-hybridized carbons (Fsp3) is 0. The molecule has 0 radical (unpaired) electrons. The van der Waals surface area contributed by atoms with E-state index in [-0.39, 0.29) is 0 Å². The third-order valence-electron chi connectivity index (χ3n) is 5.85. The van der Waals surface area contributed by atoms with E-state index in [1.165, 1.54) is 0 Å². The molecule has 4 rings (SSSR count). The maximum Gasteiger partial charge on any atom is 0.118 e. The van der Waals surface area contributed by atoms with Crippen LogP contribution in [0.1, 0.15) is 0 Å². The molecule has 0 unspecified atom stereocenters. The first-order valence-corrected chi connectivity index (χ1v) is 9.62. The highest BCUT2D eigenvalue weighted by molar-refractivity contribution is 7.22. The fourth-order valence-corrected chi connectivity index (χ4v) is 4.63. The molecule has 0 atom stereocenters. The maximum atomic E-state index is 6.56. The molecule has 0 fully saturated rings. The van der Waals surface area contributed by atoms with Gasteiger partial charge in [-0.2, -0.15) is 21.9 Å². The first kappa shape index (κ1) is 18.5. The van der Waals surface area contributed by atoms with Gasteiger partial charge in [-0.15, -0.1) is 0 Å². The first-order chi connectivity index (χ1) is 14.1. The second-order valence-corrected chi connectivity index (χ2v) is 7.38. The van der Waals surface area contributed by atoms with E-state index in [2.05, 4.69) is 0 Å². The summed E-state index contributed by atoms with van der Waals surface area (Å²) in [6.07, 6.45) is -1.82. The summed E-state index contributed by atoms with van der Waals surface area (Å²) in [6.45, 7) is 0. The molecule has 144 valence electrons. The third-order valence-corrected chi connectivity index (χ3v) is 5.85. The van der Waals surface area contributed by atoms with Gasteiger partial charge in [-0.1, -0.05) is 72.8 Å². The molecule has 5 heteroatoms. The van der Waals surface area contributed by atoms with Crippen molar-refractivity contribution >= 4 is 50.7 Å². The Bertz CT molecular complexity index is 985. The van der Waals surface area contributed by atoms with Gasteiger partial charge in [0.05, 0.1) is 0 Å². The van der Waals surface area contributed by atoms with Crippen molar-refractivity contribution in [3.63, 3.8) is 0 Å². The summed E-state index contributed by atoms with van der Waals surface area (Å²) in [5.74, 6) is 0. The molecule has 0 aromatic heterocycles. The number of hydrogen-bond acceptors (Lipinski definition) is 4. The van der Waals surface area contributed by atoms with Gasteiger partial charge in [0.2, 0.25) is 0 Å². The van der Waals surface area contributed by atoms with E-state index in [4.69, 9.17) is 22.9 Å². The van der Waals surface area contributed by atoms with Crippen LogP contribution in [0.4, 0.5) is 22.7 Å². The van der Waals surface area contributed by atoms with Crippen LogP contribution in [-0.2, 0) is 0 Å². The highest BCUT2D eigenvalue weighted by Crippen LogP contribution is 2.20. The summed E-state index contributed by atoms with van der Waals surface area (Å²) in [4.78, 5) is 0. The van der Waals surface area contributed by atoms with Gasteiger partial charge < -0.3 is 22.9 Å². The van der Waals surface area contributed by atoms with Gasteiger partial charge in [-0.25, -0.2) is 0 Å². The van der Waals surface area contributed by atoms with Crippen LogP contribution >= 0.6 is 0 Å². The van der Waals surface area contributed by atoms with Gasteiger partial charge in [0.25, 0.3) is 0 Å². The summed E-state index contributed by atoms with van der Waals surface area (Å²) in [5.41, 5.74) is 32.7. The second kappa shape index (κ2) is 7.28. The Kier molecular flexibility index (Phi) is 4.65. The highest BCUT2D eigenvalue weighted by atomic mass is 14.6. The van der Waals surface area contributed by atoms with Gasteiger partial charge in [0.15, 0.2) is 0 Å². The molecular weight excluding hydrogens is 355 g/mol. The Labute approximate surface area is 171 Å². The van der Waals surface area contributed by atoms with Gasteiger partial charge >= 0.3 is 0 Å². The minimum atomic E-state index is -1.82. The van der Waals surface area contributed by atoms with Gasteiger partial charge in [-0.05, 0) is 47.0 Å². The molecule has 0 aliphatic carbocycles. The topological polar surface area (TPSA) is 104 Å². The van der Waals surface area contributed by atoms with E-state index in [0.717, 1.165) is 21.9 Å². The normalized spacial score (nSPS) is 11.3. The minimum Gasteiger partial charge on any atom is -0.401 e. The van der Waals surface area contributed by atoms with Crippen molar-refractivity contribution in [2.75, 3.05) is 22.9 Å². The van der Waals surface area contributed by atoms with Crippen LogP contribution in [0.2, 0.25) is 0 Å². The van der Waals surface area contributed by atoms with E-state index in [9.17, 15) is 0 Å². The van der Waals surface area contributed by atoms with Crippen molar-refractivity contribution in [2.24, 2.45) is 0 Å². The third kappa shape index (κ3) is 2.88. The lowest BCUT2D eigenvalue weighted by Crippen LogP contribution is -2.76. The number of hydrogen-bond donors (Lipinski definition) is 4. The van der Waals surface area contributed by atoms with Crippen LogP contribution in [0, 0.1) is 0 Å². The molecule has 0 heterocycles. The molecule has 4 aromatic rings. The molecule has 0 bridgehead atoms. The number of benzene rings is 4. The number of rotatable bonds is 4. The van der Waals surface area contributed by atoms with E-state index in [0.29, 0.717) is 22.7 Å². The largest absolute Gasteiger partial charge is 0.401 e. The smallest absolute Gasteiger partial charge is 0.118 e.